The summed E-state index contributed by atoms with van der Waals surface area (Å²) in [5, 5.41) is 1.80. The average Bonchev–Trinajstić information content (AvgIpc) is 2.74. The molecule has 4 nitrogen and oxygen atoms in total. The van der Waals surface area contributed by atoms with Crippen LogP contribution < -0.4 is 5.73 Å². The molecule has 16 heavy (non-hydrogen) atoms. The van der Waals surface area contributed by atoms with Gasteiger partial charge in [-0.15, -0.1) is 11.3 Å². The van der Waals surface area contributed by atoms with Crippen LogP contribution in [0.5, 0.6) is 0 Å². The summed E-state index contributed by atoms with van der Waals surface area (Å²) in [4.78, 5) is 18.0. The number of nitrogens with zero attached hydrogens (tertiary/aromatic N) is 2. The lowest BCUT2D eigenvalue weighted by Crippen LogP contribution is -2.54. The van der Waals surface area contributed by atoms with Gasteiger partial charge in [-0.3, -0.25) is 4.79 Å². The number of hydrogen-bond donors (Lipinski definition) is 1. The van der Waals surface area contributed by atoms with Gasteiger partial charge in [0.25, 0.3) is 5.91 Å². The first kappa shape index (κ1) is 11.5. The highest BCUT2D eigenvalue weighted by atomic mass is 32.1. The summed E-state index contributed by atoms with van der Waals surface area (Å²) in [5.74, 6) is 0.0289. The Morgan fingerprint density at radius 2 is 2.44 bits per heavy atom. The summed E-state index contributed by atoms with van der Waals surface area (Å²) in [5.41, 5.74) is 8.27. The van der Waals surface area contributed by atoms with E-state index in [0.29, 0.717) is 12.2 Å². The minimum absolute atomic E-state index is 0.00999. The molecule has 1 amide bonds. The van der Waals surface area contributed by atoms with Gasteiger partial charge in [-0.2, -0.15) is 0 Å². The predicted molar refractivity (Wildman–Crippen MR) is 64.4 cm³/mol. The van der Waals surface area contributed by atoms with Gasteiger partial charge in [0.15, 0.2) is 0 Å². The Kier molecular flexibility index (Phi) is 2.99. The Labute approximate surface area is 99.5 Å². The van der Waals surface area contributed by atoms with E-state index in [2.05, 4.69) is 18.8 Å². The van der Waals surface area contributed by atoms with Gasteiger partial charge in [-0.05, 0) is 11.8 Å². The number of aromatic nitrogens is 1. The first-order valence-corrected chi connectivity index (χ1v) is 6.38. The number of thiazole rings is 1. The van der Waals surface area contributed by atoms with Crippen molar-refractivity contribution in [1.29, 1.82) is 0 Å². The molecule has 1 unspecified atom stereocenters. The van der Waals surface area contributed by atoms with Gasteiger partial charge in [-0.25, -0.2) is 4.98 Å². The predicted octanol–water partition coefficient (Wildman–Crippen LogP) is 1.34. The van der Waals surface area contributed by atoms with Crippen LogP contribution in [0.15, 0.2) is 10.9 Å². The fourth-order valence-corrected chi connectivity index (χ4v) is 2.55. The van der Waals surface area contributed by atoms with Gasteiger partial charge < -0.3 is 10.6 Å². The van der Waals surface area contributed by atoms with Crippen LogP contribution in [-0.4, -0.2) is 34.9 Å². The molecular weight excluding hydrogens is 222 g/mol. The van der Waals surface area contributed by atoms with E-state index in [1.54, 1.807) is 10.9 Å². The molecule has 0 aromatic carbocycles. The molecule has 1 saturated heterocycles. The van der Waals surface area contributed by atoms with Crippen molar-refractivity contribution in [2.45, 2.75) is 26.3 Å². The van der Waals surface area contributed by atoms with Gasteiger partial charge in [0.1, 0.15) is 5.69 Å². The fraction of sp³-hybridized carbons (Fsp3) is 0.636. The first-order chi connectivity index (χ1) is 7.50. The van der Waals surface area contributed by atoms with Gasteiger partial charge in [0.2, 0.25) is 0 Å². The lowest BCUT2D eigenvalue weighted by molar-refractivity contribution is 0.0528. The van der Waals surface area contributed by atoms with Crippen LogP contribution in [0, 0.1) is 5.41 Å². The van der Waals surface area contributed by atoms with Crippen molar-refractivity contribution in [2.24, 2.45) is 11.1 Å². The number of piperidine rings is 1. The first-order valence-electron chi connectivity index (χ1n) is 5.44. The molecular formula is C11H17N3OS. The second kappa shape index (κ2) is 4.14. The van der Waals surface area contributed by atoms with E-state index in [4.69, 9.17) is 5.73 Å². The maximum atomic E-state index is 12.1. The topological polar surface area (TPSA) is 59.2 Å². The molecule has 0 aliphatic carbocycles. The van der Waals surface area contributed by atoms with Crippen molar-refractivity contribution in [2.75, 3.05) is 13.1 Å². The quantitative estimate of drug-likeness (QED) is 0.804. The molecule has 0 radical (unpaired) electrons. The van der Waals surface area contributed by atoms with Crippen molar-refractivity contribution >= 4 is 17.2 Å². The maximum absolute atomic E-state index is 12.1. The van der Waals surface area contributed by atoms with Crippen LogP contribution >= 0.6 is 11.3 Å². The molecule has 1 atom stereocenters. The molecule has 1 aromatic rings. The van der Waals surface area contributed by atoms with Gasteiger partial charge in [0.05, 0.1) is 5.51 Å². The Hall–Kier alpha value is -0.940. The van der Waals surface area contributed by atoms with Crippen molar-refractivity contribution in [3.63, 3.8) is 0 Å². The van der Waals surface area contributed by atoms with Crippen molar-refractivity contribution < 1.29 is 4.79 Å². The van der Waals surface area contributed by atoms with Gasteiger partial charge in [0, 0.05) is 24.5 Å². The number of rotatable bonds is 1. The minimum Gasteiger partial charge on any atom is -0.337 e. The molecule has 2 heterocycles. The number of carbonyl (C=O) groups is 1. The van der Waals surface area contributed by atoms with Crippen LogP contribution in [0.2, 0.25) is 0 Å². The van der Waals surface area contributed by atoms with Crippen LogP contribution in [0.3, 0.4) is 0 Å². The van der Waals surface area contributed by atoms with E-state index in [-0.39, 0.29) is 17.4 Å². The van der Waals surface area contributed by atoms with Crippen LogP contribution in [-0.2, 0) is 0 Å². The SMILES string of the molecule is CC1(C)CN(C(=O)c2cscn2)CCC1N. The van der Waals surface area contributed by atoms with E-state index in [9.17, 15) is 4.79 Å². The molecule has 2 N–H and O–H groups in total. The zero-order chi connectivity index (χ0) is 11.8. The highest BCUT2D eigenvalue weighted by Gasteiger charge is 2.35. The second-order valence-corrected chi connectivity index (χ2v) is 5.70. The van der Waals surface area contributed by atoms with Crippen molar-refractivity contribution in [1.82, 2.24) is 9.88 Å². The summed E-state index contributed by atoms with van der Waals surface area (Å²) in [6, 6.07) is 0.173. The second-order valence-electron chi connectivity index (χ2n) is 4.98. The third-order valence-electron chi connectivity index (χ3n) is 3.25. The summed E-state index contributed by atoms with van der Waals surface area (Å²) < 4.78 is 0. The molecule has 1 fully saturated rings. The lowest BCUT2D eigenvalue weighted by atomic mass is 9.79. The average molecular weight is 239 g/mol. The summed E-state index contributed by atoms with van der Waals surface area (Å²) in [6.45, 7) is 5.67. The molecule has 1 aliphatic rings. The Morgan fingerprint density at radius 3 is 3.00 bits per heavy atom. The highest BCUT2D eigenvalue weighted by Crippen LogP contribution is 2.28. The van der Waals surface area contributed by atoms with Gasteiger partial charge in [-0.1, -0.05) is 13.8 Å². The fourth-order valence-electron chi connectivity index (χ4n) is 2.03. The zero-order valence-electron chi connectivity index (χ0n) is 9.64. The largest absolute Gasteiger partial charge is 0.337 e. The molecule has 0 spiro atoms. The van der Waals surface area contributed by atoms with E-state index in [0.717, 1.165) is 13.0 Å². The molecule has 1 aromatic heterocycles. The van der Waals surface area contributed by atoms with E-state index in [1.807, 2.05) is 4.90 Å². The smallest absolute Gasteiger partial charge is 0.273 e. The molecule has 0 bridgehead atoms. The summed E-state index contributed by atoms with van der Waals surface area (Å²) >= 11 is 1.45. The van der Waals surface area contributed by atoms with Crippen LogP contribution in [0.1, 0.15) is 30.8 Å². The van der Waals surface area contributed by atoms with Gasteiger partial charge >= 0.3 is 0 Å². The third kappa shape index (κ3) is 2.10. The number of nitrogens with two attached hydrogens (primary N) is 1. The molecule has 5 heteroatoms. The maximum Gasteiger partial charge on any atom is 0.273 e. The molecule has 2 rings (SSSR count). The monoisotopic (exact) mass is 239 g/mol. The Morgan fingerprint density at radius 1 is 1.69 bits per heavy atom. The minimum atomic E-state index is -0.00999. The Balaban J connectivity index is 2.10. The van der Waals surface area contributed by atoms with Crippen LogP contribution in [0.4, 0.5) is 0 Å². The summed E-state index contributed by atoms with van der Waals surface area (Å²) in [7, 11) is 0. The third-order valence-corrected chi connectivity index (χ3v) is 3.84. The molecule has 88 valence electrons. The van der Waals surface area contributed by atoms with E-state index >= 15 is 0 Å². The molecule has 0 saturated carbocycles. The molecule has 1 aliphatic heterocycles. The normalized spacial score (nSPS) is 24.4. The number of amides is 1. The number of likely N-dealkylation sites (tertiary alicyclic amines) is 1. The zero-order valence-corrected chi connectivity index (χ0v) is 10.5. The Bertz CT molecular complexity index is 375. The lowest BCUT2D eigenvalue weighted by Gasteiger charge is -2.42. The van der Waals surface area contributed by atoms with Crippen molar-refractivity contribution in [3.05, 3.63) is 16.6 Å². The summed E-state index contributed by atoms with van der Waals surface area (Å²) in [6.07, 6.45) is 0.864. The van der Waals surface area contributed by atoms with Crippen molar-refractivity contribution in [3.8, 4) is 0 Å². The van der Waals surface area contributed by atoms with E-state index < -0.39 is 0 Å². The van der Waals surface area contributed by atoms with E-state index in [1.165, 1.54) is 11.3 Å². The standard InChI is InChI=1S/C11H17N3OS/c1-11(2)6-14(4-3-9(11)12)10(15)8-5-16-7-13-8/h5,7,9H,3-4,6,12H2,1-2H3. The number of carbonyl (C=O) groups excluding carboxylic acids is 1. The highest BCUT2D eigenvalue weighted by molar-refractivity contribution is 7.07. The number of hydrogen-bond acceptors (Lipinski definition) is 4. The van der Waals surface area contributed by atoms with Crippen LogP contribution in [0.25, 0.3) is 0 Å².